The number of carbonyl (C=O) groups excluding carboxylic acids is 1. The predicted molar refractivity (Wildman–Crippen MR) is 52.0 cm³/mol. The molecular weight excluding hydrogens is 180 g/mol. The molecule has 1 aromatic rings. The second-order valence-corrected chi connectivity index (χ2v) is 3.39. The van der Waals surface area contributed by atoms with Crippen LogP contribution in [-0.2, 0) is 17.8 Å². The van der Waals surface area contributed by atoms with Crippen LogP contribution in [0.4, 0.5) is 5.82 Å². The highest BCUT2D eigenvalue weighted by Gasteiger charge is 2.15. The molecule has 0 bridgehead atoms. The molecule has 74 valence electrons. The summed E-state index contributed by atoms with van der Waals surface area (Å²) in [6.07, 6.45) is 0.808. The molecule has 2 rings (SSSR count). The average molecular weight is 192 g/mol. The summed E-state index contributed by atoms with van der Waals surface area (Å²) in [7, 11) is 0. The first-order chi connectivity index (χ1) is 6.68. The summed E-state index contributed by atoms with van der Waals surface area (Å²) in [6, 6.07) is 1.84. The fraction of sp³-hybridized carbons (Fsp3) is 0.400. The molecule has 1 aliphatic heterocycles. The molecule has 1 aromatic heterocycles. The number of aromatic nitrogens is 1. The van der Waals surface area contributed by atoms with Crippen molar-refractivity contribution in [2.45, 2.75) is 20.0 Å². The summed E-state index contributed by atoms with van der Waals surface area (Å²) < 4.78 is 5.25. The molecule has 0 aliphatic carbocycles. The van der Waals surface area contributed by atoms with Crippen molar-refractivity contribution in [1.82, 2.24) is 4.98 Å². The number of nitrogens with two attached hydrogens (primary N) is 1. The molecule has 0 fully saturated rings. The van der Waals surface area contributed by atoms with Crippen molar-refractivity contribution in [3.63, 3.8) is 0 Å². The molecule has 0 aromatic carbocycles. The standard InChI is InChI=1S/C10H12N2O2/c1-6(13)8-4-7-2-3-14-5-9(7)12-10(8)11/h4H,2-3,5H2,1H3,(H2,11,12). The average Bonchev–Trinajstić information content (AvgIpc) is 2.16. The lowest BCUT2D eigenvalue weighted by Crippen LogP contribution is -2.15. The highest BCUT2D eigenvalue weighted by atomic mass is 16.5. The fourth-order valence-corrected chi connectivity index (χ4v) is 1.58. The number of rotatable bonds is 1. The molecule has 1 aliphatic rings. The van der Waals surface area contributed by atoms with Crippen molar-refractivity contribution in [3.8, 4) is 0 Å². The van der Waals surface area contributed by atoms with Gasteiger partial charge in [-0.1, -0.05) is 0 Å². The van der Waals surface area contributed by atoms with Gasteiger partial charge in [-0.05, 0) is 25.0 Å². The Morgan fingerprint density at radius 1 is 1.64 bits per heavy atom. The van der Waals surface area contributed by atoms with Crippen molar-refractivity contribution >= 4 is 11.6 Å². The first-order valence-electron chi connectivity index (χ1n) is 4.55. The Morgan fingerprint density at radius 3 is 3.14 bits per heavy atom. The molecule has 0 spiro atoms. The Hall–Kier alpha value is -1.42. The van der Waals surface area contributed by atoms with Gasteiger partial charge in [0.05, 0.1) is 24.5 Å². The minimum atomic E-state index is -0.0377. The molecule has 0 atom stereocenters. The van der Waals surface area contributed by atoms with Gasteiger partial charge in [-0.3, -0.25) is 4.79 Å². The smallest absolute Gasteiger partial charge is 0.163 e. The number of hydrogen-bond donors (Lipinski definition) is 1. The van der Waals surface area contributed by atoms with Crippen LogP contribution in [0.25, 0.3) is 0 Å². The molecular formula is C10H12N2O2. The first-order valence-corrected chi connectivity index (χ1v) is 4.55. The van der Waals surface area contributed by atoms with Gasteiger partial charge in [0.2, 0.25) is 0 Å². The summed E-state index contributed by atoms with van der Waals surface area (Å²) in [5.41, 5.74) is 8.12. The first kappa shape index (κ1) is 9.15. The quantitative estimate of drug-likeness (QED) is 0.672. The second kappa shape index (κ2) is 3.38. The highest BCUT2D eigenvalue weighted by Crippen LogP contribution is 2.20. The summed E-state index contributed by atoms with van der Waals surface area (Å²) in [4.78, 5) is 15.4. The van der Waals surface area contributed by atoms with Gasteiger partial charge in [0.15, 0.2) is 5.78 Å². The van der Waals surface area contributed by atoms with E-state index >= 15 is 0 Å². The van der Waals surface area contributed by atoms with Crippen LogP contribution >= 0.6 is 0 Å². The number of ketones is 1. The van der Waals surface area contributed by atoms with E-state index in [1.165, 1.54) is 6.92 Å². The summed E-state index contributed by atoms with van der Waals surface area (Å²) >= 11 is 0. The molecule has 0 radical (unpaired) electrons. The van der Waals surface area contributed by atoms with Crippen molar-refractivity contribution in [3.05, 3.63) is 22.9 Å². The Bertz CT molecular complexity index is 388. The van der Waals surface area contributed by atoms with E-state index in [9.17, 15) is 4.79 Å². The van der Waals surface area contributed by atoms with E-state index in [1.54, 1.807) is 0 Å². The lowest BCUT2D eigenvalue weighted by molar-refractivity contribution is 0.101. The fourth-order valence-electron chi connectivity index (χ4n) is 1.58. The highest BCUT2D eigenvalue weighted by molar-refractivity contribution is 5.98. The van der Waals surface area contributed by atoms with Crippen LogP contribution in [0.5, 0.6) is 0 Å². The van der Waals surface area contributed by atoms with Crippen LogP contribution in [0.1, 0.15) is 28.5 Å². The maximum atomic E-state index is 11.2. The number of hydrogen-bond acceptors (Lipinski definition) is 4. The number of anilines is 1. The number of Topliss-reactive ketones (excluding diaryl/α,β-unsaturated/α-hetero) is 1. The summed E-state index contributed by atoms with van der Waals surface area (Å²) in [5, 5.41) is 0. The topological polar surface area (TPSA) is 65.2 Å². The van der Waals surface area contributed by atoms with E-state index in [4.69, 9.17) is 10.5 Å². The molecule has 4 nitrogen and oxygen atoms in total. The van der Waals surface area contributed by atoms with E-state index in [0.717, 1.165) is 17.7 Å². The van der Waals surface area contributed by atoms with Crippen LogP contribution in [0, 0.1) is 0 Å². The van der Waals surface area contributed by atoms with E-state index in [0.29, 0.717) is 24.6 Å². The van der Waals surface area contributed by atoms with E-state index in [1.807, 2.05) is 6.07 Å². The van der Waals surface area contributed by atoms with E-state index in [-0.39, 0.29) is 5.78 Å². The third-order valence-corrected chi connectivity index (χ3v) is 2.35. The van der Waals surface area contributed by atoms with Crippen LogP contribution in [0.2, 0.25) is 0 Å². The molecule has 2 heterocycles. The largest absolute Gasteiger partial charge is 0.383 e. The third-order valence-electron chi connectivity index (χ3n) is 2.35. The lowest BCUT2D eigenvalue weighted by Gasteiger charge is -2.16. The second-order valence-electron chi connectivity index (χ2n) is 3.39. The molecule has 14 heavy (non-hydrogen) atoms. The summed E-state index contributed by atoms with van der Waals surface area (Å²) in [6.45, 7) is 2.69. The zero-order chi connectivity index (χ0) is 10.1. The Labute approximate surface area is 82.1 Å². The maximum absolute atomic E-state index is 11.2. The number of fused-ring (bicyclic) bond motifs is 1. The molecule has 0 saturated heterocycles. The van der Waals surface area contributed by atoms with Crippen LogP contribution in [0.15, 0.2) is 6.07 Å². The minimum absolute atomic E-state index is 0.0377. The number of carbonyl (C=O) groups is 1. The summed E-state index contributed by atoms with van der Waals surface area (Å²) in [5.74, 6) is 0.269. The van der Waals surface area contributed by atoms with Gasteiger partial charge in [0, 0.05) is 0 Å². The predicted octanol–water partition coefficient (Wildman–Crippen LogP) is 0.939. The zero-order valence-corrected chi connectivity index (χ0v) is 8.04. The molecule has 2 N–H and O–H groups in total. The van der Waals surface area contributed by atoms with Gasteiger partial charge < -0.3 is 10.5 Å². The minimum Gasteiger partial charge on any atom is -0.383 e. The van der Waals surface area contributed by atoms with Crippen LogP contribution < -0.4 is 5.73 Å². The SMILES string of the molecule is CC(=O)c1cc2c(nc1N)COCC2. The molecule has 0 unspecified atom stereocenters. The molecule has 4 heteroatoms. The van der Waals surface area contributed by atoms with E-state index in [2.05, 4.69) is 4.98 Å². The lowest BCUT2D eigenvalue weighted by atomic mass is 10.0. The van der Waals surface area contributed by atoms with Crippen molar-refractivity contribution in [2.75, 3.05) is 12.3 Å². The van der Waals surface area contributed by atoms with Gasteiger partial charge in [0.1, 0.15) is 5.82 Å². The zero-order valence-electron chi connectivity index (χ0n) is 8.04. The van der Waals surface area contributed by atoms with E-state index < -0.39 is 0 Å². The Morgan fingerprint density at radius 2 is 2.43 bits per heavy atom. The normalized spacial score (nSPS) is 14.9. The number of pyridine rings is 1. The van der Waals surface area contributed by atoms with Gasteiger partial charge in [-0.25, -0.2) is 4.98 Å². The van der Waals surface area contributed by atoms with Crippen LogP contribution in [-0.4, -0.2) is 17.4 Å². The van der Waals surface area contributed by atoms with Gasteiger partial charge in [0.25, 0.3) is 0 Å². The van der Waals surface area contributed by atoms with Gasteiger partial charge in [-0.2, -0.15) is 0 Å². The van der Waals surface area contributed by atoms with Crippen LogP contribution in [0.3, 0.4) is 0 Å². The molecule has 0 saturated carbocycles. The van der Waals surface area contributed by atoms with Crippen molar-refractivity contribution in [2.24, 2.45) is 0 Å². The Kier molecular flexibility index (Phi) is 2.21. The Balaban J connectivity index is 2.50. The van der Waals surface area contributed by atoms with Gasteiger partial charge in [-0.15, -0.1) is 0 Å². The third kappa shape index (κ3) is 1.48. The number of nitrogens with zero attached hydrogens (tertiary/aromatic N) is 1. The monoisotopic (exact) mass is 192 g/mol. The number of nitrogen functional groups attached to an aromatic ring is 1. The maximum Gasteiger partial charge on any atom is 0.163 e. The van der Waals surface area contributed by atoms with Crippen molar-refractivity contribution < 1.29 is 9.53 Å². The number of ether oxygens (including phenoxy) is 1. The molecule has 0 amide bonds. The van der Waals surface area contributed by atoms with Gasteiger partial charge >= 0.3 is 0 Å². The van der Waals surface area contributed by atoms with Crippen molar-refractivity contribution in [1.29, 1.82) is 0 Å².